The van der Waals surface area contributed by atoms with Crippen LogP contribution in [0.4, 0.5) is 10.9 Å². The Morgan fingerprint density at radius 3 is 2.71 bits per heavy atom. The number of nitrogens with two attached hydrogens (primary N) is 1. The van der Waals surface area contributed by atoms with Gasteiger partial charge < -0.3 is 16.0 Å². The molecule has 0 saturated carbocycles. The number of carbonyl (C=O) groups is 1. The van der Waals surface area contributed by atoms with E-state index in [0.717, 1.165) is 37.5 Å². The van der Waals surface area contributed by atoms with Crippen LogP contribution in [0.1, 0.15) is 62.0 Å². The molecule has 118 valence electrons. The van der Waals surface area contributed by atoms with Crippen molar-refractivity contribution in [1.82, 2.24) is 10.3 Å². The van der Waals surface area contributed by atoms with Crippen molar-refractivity contribution in [2.45, 2.75) is 58.4 Å². The predicted molar refractivity (Wildman–Crippen MR) is 89.0 cm³/mol. The van der Waals surface area contributed by atoms with Crippen molar-refractivity contribution in [3.8, 4) is 0 Å². The number of nitrogens with zero attached hydrogens (tertiary/aromatic N) is 2. The molecule has 1 aliphatic heterocycles. The molecule has 0 bridgehead atoms. The van der Waals surface area contributed by atoms with Crippen LogP contribution in [0.5, 0.6) is 0 Å². The Morgan fingerprint density at radius 1 is 1.38 bits per heavy atom. The molecule has 1 fully saturated rings. The van der Waals surface area contributed by atoms with Crippen LogP contribution in [-0.4, -0.2) is 30.0 Å². The number of thiazole rings is 1. The minimum absolute atomic E-state index is 0.0754. The number of piperidine rings is 1. The van der Waals surface area contributed by atoms with Gasteiger partial charge >= 0.3 is 0 Å². The summed E-state index contributed by atoms with van der Waals surface area (Å²) < 4.78 is 0. The number of rotatable bonds is 6. The number of amides is 1. The lowest BCUT2D eigenvalue weighted by atomic mass is 10.1. The maximum atomic E-state index is 12.4. The van der Waals surface area contributed by atoms with Crippen LogP contribution in [0.3, 0.4) is 0 Å². The number of hydrogen-bond acceptors (Lipinski definition) is 5. The topological polar surface area (TPSA) is 71.2 Å². The Kier molecular flexibility index (Phi) is 5.85. The molecule has 1 saturated heterocycles. The molecule has 1 amide bonds. The van der Waals surface area contributed by atoms with E-state index in [9.17, 15) is 4.79 Å². The number of carbonyl (C=O) groups excluding carboxylic acids is 1. The predicted octanol–water partition coefficient (Wildman–Crippen LogP) is 3.02. The first kappa shape index (κ1) is 16.1. The maximum absolute atomic E-state index is 12.4. The third-order valence-corrected chi connectivity index (χ3v) is 5.07. The van der Waals surface area contributed by atoms with E-state index in [4.69, 9.17) is 5.73 Å². The Morgan fingerprint density at radius 2 is 2.10 bits per heavy atom. The van der Waals surface area contributed by atoms with Crippen molar-refractivity contribution in [3.05, 3.63) is 4.88 Å². The Bertz CT molecular complexity index is 468. The van der Waals surface area contributed by atoms with Crippen molar-refractivity contribution < 1.29 is 4.79 Å². The number of aromatic nitrogens is 1. The van der Waals surface area contributed by atoms with Crippen molar-refractivity contribution in [2.75, 3.05) is 23.7 Å². The van der Waals surface area contributed by atoms with Gasteiger partial charge in [0.25, 0.3) is 5.91 Å². The fourth-order valence-electron chi connectivity index (χ4n) is 2.68. The summed E-state index contributed by atoms with van der Waals surface area (Å²) >= 11 is 1.42. The van der Waals surface area contributed by atoms with E-state index in [0.29, 0.717) is 10.7 Å². The zero-order valence-electron chi connectivity index (χ0n) is 13.0. The zero-order valence-corrected chi connectivity index (χ0v) is 13.8. The minimum atomic E-state index is -0.0754. The first-order chi connectivity index (χ1) is 10.2. The average molecular weight is 310 g/mol. The monoisotopic (exact) mass is 310 g/mol. The third-order valence-electron chi connectivity index (χ3n) is 3.94. The largest absolute Gasteiger partial charge is 0.382 e. The van der Waals surface area contributed by atoms with Crippen LogP contribution in [0.15, 0.2) is 0 Å². The highest BCUT2D eigenvalue weighted by Crippen LogP contribution is 2.30. The summed E-state index contributed by atoms with van der Waals surface area (Å²) in [5.74, 6) is 0.290. The molecule has 5 nitrogen and oxygen atoms in total. The van der Waals surface area contributed by atoms with Gasteiger partial charge in [0.05, 0.1) is 0 Å². The summed E-state index contributed by atoms with van der Waals surface area (Å²) in [5, 5.41) is 3.96. The van der Waals surface area contributed by atoms with Gasteiger partial charge in [0.1, 0.15) is 10.7 Å². The number of hydrogen-bond donors (Lipinski definition) is 2. The van der Waals surface area contributed by atoms with Crippen LogP contribution in [0.2, 0.25) is 0 Å². The normalized spacial score (nSPS) is 16.8. The van der Waals surface area contributed by atoms with Crippen LogP contribution < -0.4 is 16.0 Å². The number of anilines is 2. The molecular weight excluding hydrogens is 284 g/mol. The van der Waals surface area contributed by atoms with E-state index in [1.165, 1.54) is 30.6 Å². The van der Waals surface area contributed by atoms with E-state index < -0.39 is 0 Å². The second-order valence-electron chi connectivity index (χ2n) is 5.63. The van der Waals surface area contributed by atoms with Crippen molar-refractivity contribution in [3.63, 3.8) is 0 Å². The highest BCUT2D eigenvalue weighted by atomic mass is 32.1. The lowest BCUT2D eigenvalue weighted by Crippen LogP contribution is -2.34. The molecular formula is C15H26N4OS. The average Bonchev–Trinajstić information content (AvgIpc) is 2.89. The summed E-state index contributed by atoms with van der Waals surface area (Å²) in [6.07, 6.45) is 6.66. The molecule has 1 aliphatic rings. The Hall–Kier alpha value is -1.30. The van der Waals surface area contributed by atoms with Gasteiger partial charge in [-0.15, -0.1) is 0 Å². The molecule has 0 aliphatic carbocycles. The molecule has 0 radical (unpaired) electrons. The van der Waals surface area contributed by atoms with Gasteiger partial charge in [-0.3, -0.25) is 4.79 Å². The van der Waals surface area contributed by atoms with Gasteiger partial charge in [-0.05, 0) is 32.1 Å². The standard InChI is InChI=1S/C15H26N4OS/c1-3-8-11(4-2)17-14(20)12-13(16)18-15(21-12)19-9-6-5-7-10-19/h11H,3-10,16H2,1-2H3,(H,17,20). The van der Waals surface area contributed by atoms with Crippen molar-refractivity contribution >= 4 is 28.2 Å². The Labute approximate surface area is 130 Å². The fraction of sp³-hybridized carbons (Fsp3) is 0.733. The second kappa shape index (κ2) is 7.64. The number of nitrogens with one attached hydrogen (secondary N) is 1. The molecule has 2 heterocycles. The molecule has 2 rings (SSSR count). The van der Waals surface area contributed by atoms with Gasteiger partial charge in [0.2, 0.25) is 0 Å². The molecule has 1 atom stereocenters. The van der Waals surface area contributed by atoms with E-state index in [-0.39, 0.29) is 11.9 Å². The van der Waals surface area contributed by atoms with E-state index >= 15 is 0 Å². The number of nitrogen functional groups attached to an aromatic ring is 1. The maximum Gasteiger partial charge on any atom is 0.265 e. The van der Waals surface area contributed by atoms with Gasteiger partial charge in [-0.2, -0.15) is 0 Å². The van der Waals surface area contributed by atoms with Crippen LogP contribution in [0, 0.1) is 0 Å². The molecule has 1 aromatic heterocycles. The molecule has 0 spiro atoms. The zero-order chi connectivity index (χ0) is 15.2. The molecule has 21 heavy (non-hydrogen) atoms. The van der Waals surface area contributed by atoms with E-state index in [1.54, 1.807) is 0 Å². The fourth-order valence-corrected chi connectivity index (χ4v) is 3.62. The summed E-state index contributed by atoms with van der Waals surface area (Å²) in [7, 11) is 0. The lowest BCUT2D eigenvalue weighted by Gasteiger charge is -2.25. The lowest BCUT2D eigenvalue weighted by molar-refractivity contribution is 0.0938. The van der Waals surface area contributed by atoms with Crippen LogP contribution >= 0.6 is 11.3 Å². The minimum Gasteiger partial charge on any atom is -0.382 e. The molecule has 6 heteroatoms. The summed E-state index contributed by atoms with van der Waals surface area (Å²) in [6.45, 7) is 6.25. The SMILES string of the molecule is CCCC(CC)NC(=O)c1sc(N2CCCCC2)nc1N. The summed E-state index contributed by atoms with van der Waals surface area (Å²) in [6, 6.07) is 0.224. The molecule has 1 unspecified atom stereocenters. The molecule has 0 aromatic carbocycles. The summed E-state index contributed by atoms with van der Waals surface area (Å²) in [4.78, 5) is 19.6. The second-order valence-corrected chi connectivity index (χ2v) is 6.60. The van der Waals surface area contributed by atoms with E-state index in [2.05, 4.69) is 29.0 Å². The molecule has 3 N–H and O–H groups in total. The van der Waals surface area contributed by atoms with Crippen molar-refractivity contribution in [1.29, 1.82) is 0 Å². The van der Waals surface area contributed by atoms with Crippen LogP contribution in [0.25, 0.3) is 0 Å². The highest BCUT2D eigenvalue weighted by Gasteiger charge is 2.22. The van der Waals surface area contributed by atoms with Crippen molar-refractivity contribution in [2.24, 2.45) is 0 Å². The van der Waals surface area contributed by atoms with Gasteiger partial charge in [0.15, 0.2) is 5.13 Å². The smallest absolute Gasteiger partial charge is 0.265 e. The van der Waals surface area contributed by atoms with Gasteiger partial charge in [-0.1, -0.05) is 31.6 Å². The first-order valence-corrected chi connectivity index (χ1v) is 8.79. The van der Waals surface area contributed by atoms with Crippen LogP contribution in [-0.2, 0) is 0 Å². The Balaban J connectivity index is 2.05. The van der Waals surface area contributed by atoms with E-state index in [1.807, 2.05) is 0 Å². The highest BCUT2D eigenvalue weighted by molar-refractivity contribution is 7.18. The quantitative estimate of drug-likeness (QED) is 0.847. The van der Waals surface area contributed by atoms with Gasteiger partial charge in [0, 0.05) is 19.1 Å². The van der Waals surface area contributed by atoms with Gasteiger partial charge in [-0.25, -0.2) is 4.98 Å². The summed E-state index contributed by atoms with van der Waals surface area (Å²) in [5.41, 5.74) is 5.95. The third kappa shape index (κ3) is 4.09. The first-order valence-electron chi connectivity index (χ1n) is 7.97. The molecule has 1 aromatic rings.